The first-order valence-electron chi connectivity index (χ1n) is 6.22. The van der Waals surface area contributed by atoms with E-state index in [-0.39, 0.29) is 14.9 Å². The molecule has 20 heavy (non-hydrogen) atoms. The average Bonchev–Trinajstić information content (AvgIpc) is 3.08. The van der Waals surface area contributed by atoms with Gasteiger partial charge in [-0.3, -0.25) is 0 Å². The van der Waals surface area contributed by atoms with E-state index < -0.39 is 0 Å². The summed E-state index contributed by atoms with van der Waals surface area (Å²) in [6.45, 7) is 0. The molecule has 0 atom stereocenters. The van der Waals surface area contributed by atoms with Crippen molar-refractivity contribution in [3.8, 4) is 0 Å². The Bertz CT molecular complexity index is 524. The molecule has 0 aliphatic heterocycles. The molecule has 2 aliphatic carbocycles. The van der Waals surface area contributed by atoms with Crippen LogP contribution in [0.5, 0.6) is 0 Å². The number of rotatable bonds is 0. The third kappa shape index (κ3) is 3.53. The van der Waals surface area contributed by atoms with E-state index in [0.717, 1.165) is 48.5 Å². The normalized spacial score (nSPS) is 14.8. The Hall–Kier alpha value is -1.98. The van der Waals surface area contributed by atoms with Crippen LogP contribution in [0.3, 0.4) is 0 Å². The van der Waals surface area contributed by atoms with E-state index in [1.807, 2.05) is 6.08 Å². The Kier molecular flexibility index (Phi) is 6.09. The molecule has 0 saturated carbocycles. The van der Waals surface area contributed by atoms with Gasteiger partial charge in [-0.05, 0) is 44.6 Å². The first-order valence-corrected chi connectivity index (χ1v) is 6.22. The zero-order valence-electron chi connectivity index (χ0n) is 10.0. The van der Waals surface area contributed by atoms with Gasteiger partial charge in [-0.2, -0.15) is 0 Å². The summed E-state index contributed by atoms with van der Waals surface area (Å²) in [5, 5.41) is 14.9. The minimum absolute atomic E-state index is 0. The standard InChI is InChI=1S/C6H8N2O.C6H6N2O.2CH4/c2*1-2-4-6-5(3-1)7-9-8-6;;/h1-4H2;1,3H,2,4H2;2*1H4. The topological polar surface area (TPSA) is 77.8 Å². The molecule has 0 aromatic carbocycles. The minimum Gasteiger partial charge on any atom is -0.244 e. The van der Waals surface area contributed by atoms with Crippen LogP contribution in [0.4, 0.5) is 0 Å². The number of hydrogen-bond donors (Lipinski definition) is 0. The lowest BCUT2D eigenvalue weighted by Crippen LogP contribution is -2.00. The fourth-order valence-corrected chi connectivity index (χ4v) is 2.12. The van der Waals surface area contributed by atoms with E-state index >= 15 is 0 Å². The van der Waals surface area contributed by atoms with Gasteiger partial charge >= 0.3 is 0 Å². The van der Waals surface area contributed by atoms with Crippen LogP contribution in [-0.4, -0.2) is 20.6 Å². The zero-order chi connectivity index (χ0) is 12.2. The van der Waals surface area contributed by atoms with Gasteiger partial charge in [0.1, 0.15) is 22.8 Å². The molecule has 2 aromatic rings. The molecule has 0 amide bonds. The van der Waals surface area contributed by atoms with Crippen molar-refractivity contribution < 1.29 is 9.26 Å². The fourth-order valence-electron chi connectivity index (χ4n) is 2.12. The van der Waals surface area contributed by atoms with Crippen LogP contribution in [0.1, 0.15) is 56.9 Å². The molecule has 4 rings (SSSR count). The van der Waals surface area contributed by atoms with Crippen molar-refractivity contribution >= 4 is 6.08 Å². The molecule has 6 nitrogen and oxygen atoms in total. The zero-order valence-corrected chi connectivity index (χ0v) is 10.0. The minimum atomic E-state index is 0. The maximum Gasteiger partial charge on any atom is 0.130 e. The van der Waals surface area contributed by atoms with Crippen molar-refractivity contribution in [2.24, 2.45) is 0 Å². The highest BCUT2D eigenvalue weighted by Crippen LogP contribution is 2.16. The lowest BCUT2D eigenvalue weighted by atomic mass is 10.0. The maximum absolute atomic E-state index is 4.57. The summed E-state index contributed by atoms with van der Waals surface area (Å²) in [6.07, 6.45) is 10.6. The highest BCUT2D eigenvalue weighted by molar-refractivity contribution is 5.48. The molecule has 0 bridgehead atoms. The van der Waals surface area contributed by atoms with Crippen molar-refractivity contribution in [3.05, 3.63) is 28.9 Å². The number of fused-ring (bicyclic) bond motifs is 2. The van der Waals surface area contributed by atoms with E-state index in [1.165, 1.54) is 12.8 Å². The molecule has 0 N–H and O–H groups in total. The predicted octanol–water partition coefficient (Wildman–Crippen LogP) is 3.25. The van der Waals surface area contributed by atoms with Crippen molar-refractivity contribution in [2.75, 3.05) is 0 Å². The van der Waals surface area contributed by atoms with Gasteiger partial charge in [0.2, 0.25) is 0 Å². The van der Waals surface area contributed by atoms with Crippen LogP contribution in [-0.2, 0) is 19.3 Å². The molecule has 2 aliphatic rings. The second kappa shape index (κ2) is 7.57. The van der Waals surface area contributed by atoms with Gasteiger partial charge in [0.25, 0.3) is 0 Å². The van der Waals surface area contributed by atoms with Crippen LogP contribution in [0.25, 0.3) is 6.08 Å². The molecule has 0 unspecified atom stereocenters. The van der Waals surface area contributed by atoms with Crippen LogP contribution in [0.15, 0.2) is 15.3 Å². The third-order valence-electron chi connectivity index (χ3n) is 3.12. The van der Waals surface area contributed by atoms with E-state index in [9.17, 15) is 0 Å². The van der Waals surface area contributed by atoms with Crippen molar-refractivity contribution in [2.45, 2.75) is 53.4 Å². The van der Waals surface area contributed by atoms with Gasteiger partial charge in [0.15, 0.2) is 0 Å². The Morgan fingerprint density at radius 3 is 2.00 bits per heavy atom. The molecule has 0 fully saturated rings. The molecule has 6 heteroatoms. The molecule has 2 aromatic heterocycles. The molecule has 110 valence electrons. The Morgan fingerprint density at radius 2 is 1.35 bits per heavy atom. The quantitative estimate of drug-likeness (QED) is 0.736. The highest BCUT2D eigenvalue weighted by atomic mass is 16.6. The number of hydrogen-bond acceptors (Lipinski definition) is 6. The smallest absolute Gasteiger partial charge is 0.130 e. The number of aromatic nitrogens is 4. The Labute approximate surface area is 119 Å². The molecular formula is C14H22N4O2. The van der Waals surface area contributed by atoms with Gasteiger partial charge < -0.3 is 0 Å². The maximum atomic E-state index is 4.57. The summed E-state index contributed by atoms with van der Waals surface area (Å²) in [5.74, 6) is 0. The van der Waals surface area contributed by atoms with Crippen molar-refractivity contribution in [3.63, 3.8) is 0 Å². The Morgan fingerprint density at radius 1 is 0.750 bits per heavy atom. The van der Waals surface area contributed by atoms with Crippen LogP contribution in [0, 0.1) is 0 Å². The second-order valence-electron chi connectivity index (χ2n) is 4.40. The Balaban J connectivity index is 0.000000182. The monoisotopic (exact) mass is 278 g/mol. The molecule has 0 spiro atoms. The van der Waals surface area contributed by atoms with Crippen LogP contribution < -0.4 is 0 Å². The van der Waals surface area contributed by atoms with E-state index in [0.29, 0.717) is 0 Å². The van der Waals surface area contributed by atoms with Crippen LogP contribution >= 0.6 is 0 Å². The van der Waals surface area contributed by atoms with Gasteiger partial charge in [0.05, 0.1) is 0 Å². The summed E-state index contributed by atoms with van der Waals surface area (Å²) in [4.78, 5) is 0. The largest absolute Gasteiger partial charge is 0.244 e. The van der Waals surface area contributed by atoms with E-state index in [4.69, 9.17) is 0 Å². The first kappa shape index (κ1) is 16.1. The number of allylic oxidation sites excluding steroid dienone is 1. The molecule has 2 heterocycles. The van der Waals surface area contributed by atoms with Gasteiger partial charge in [-0.15, -0.1) is 0 Å². The van der Waals surface area contributed by atoms with Gasteiger partial charge in [0, 0.05) is 0 Å². The van der Waals surface area contributed by atoms with Crippen LogP contribution in [0.2, 0.25) is 0 Å². The number of aryl methyl sites for hydroxylation is 3. The molecule has 0 radical (unpaired) electrons. The summed E-state index contributed by atoms with van der Waals surface area (Å²) in [6, 6.07) is 0. The van der Waals surface area contributed by atoms with Crippen molar-refractivity contribution in [1.82, 2.24) is 20.6 Å². The summed E-state index contributed by atoms with van der Waals surface area (Å²) < 4.78 is 9.08. The molecule has 0 saturated heterocycles. The summed E-state index contributed by atoms with van der Waals surface area (Å²) in [5.41, 5.74) is 4.02. The SMILES string of the molecule is C.C.C1=Cc2nonc2CC1.C1CCc2nonc2C1. The van der Waals surface area contributed by atoms with Gasteiger partial charge in [-0.1, -0.05) is 41.6 Å². The fraction of sp³-hybridized carbons (Fsp3) is 0.571. The molecular weight excluding hydrogens is 256 g/mol. The summed E-state index contributed by atoms with van der Waals surface area (Å²) >= 11 is 0. The van der Waals surface area contributed by atoms with Gasteiger partial charge in [-0.25, -0.2) is 9.26 Å². The van der Waals surface area contributed by atoms with E-state index in [1.54, 1.807) is 0 Å². The lowest BCUT2D eigenvalue weighted by Gasteiger charge is -2.03. The van der Waals surface area contributed by atoms with Crippen molar-refractivity contribution in [1.29, 1.82) is 0 Å². The average molecular weight is 278 g/mol. The predicted molar refractivity (Wildman–Crippen MR) is 76.1 cm³/mol. The lowest BCUT2D eigenvalue weighted by molar-refractivity contribution is 0.301. The third-order valence-corrected chi connectivity index (χ3v) is 3.12. The summed E-state index contributed by atoms with van der Waals surface area (Å²) in [7, 11) is 0. The number of nitrogens with zero attached hydrogens (tertiary/aromatic N) is 4. The second-order valence-corrected chi connectivity index (χ2v) is 4.40. The first-order chi connectivity index (χ1) is 8.93. The van der Waals surface area contributed by atoms with E-state index in [2.05, 4.69) is 36.0 Å². The highest BCUT2D eigenvalue weighted by Gasteiger charge is 2.13.